The second kappa shape index (κ2) is 10.4. The molecule has 0 amide bonds. The molecule has 0 radical (unpaired) electrons. The number of benzene rings is 1. The summed E-state index contributed by atoms with van der Waals surface area (Å²) < 4.78 is 44.8. The molecule has 3 heterocycles. The van der Waals surface area contributed by atoms with E-state index in [1.807, 2.05) is 4.31 Å². The fourth-order valence-corrected chi connectivity index (χ4v) is 6.07. The van der Waals surface area contributed by atoms with Crippen LogP contribution in [0.5, 0.6) is 0 Å². The number of aryl methyl sites for hydroxylation is 1. The first-order chi connectivity index (χ1) is 15.7. The number of carbonyl (C=O) groups excluding carboxylic acids is 1. The number of hydrogen-bond donors (Lipinski definition) is 0. The number of nitrogens with zero attached hydrogens (tertiary/aromatic N) is 3. The van der Waals surface area contributed by atoms with Crippen LogP contribution in [0.25, 0.3) is 0 Å². The number of rotatable bonds is 7. The molecule has 3 fully saturated rings. The van der Waals surface area contributed by atoms with Gasteiger partial charge in [0.25, 0.3) is 0 Å². The van der Waals surface area contributed by atoms with Crippen LogP contribution in [0.4, 0.5) is 18.9 Å². The molecule has 9 heteroatoms. The maximum Gasteiger partial charge on any atom is 0.389 e. The van der Waals surface area contributed by atoms with E-state index in [0.717, 1.165) is 45.6 Å². The normalized spacial score (nSPS) is 24.4. The van der Waals surface area contributed by atoms with Crippen molar-refractivity contribution in [3.05, 3.63) is 29.8 Å². The van der Waals surface area contributed by atoms with Gasteiger partial charge in [0, 0.05) is 63.7 Å². The highest BCUT2D eigenvalue weighted by Gasteiger charge is 2.50. The van der Waals surface area contributed by atoms with Gasteiger partial charge in [-0.3, -0.25) is 14.0 Å². The topological polar surface area (TPSA) is 36.0 Å². The fourth-order valence-electron chi connectivity index (χ4n) is 5.05. The number of halogens is 3. The molecular weight excluding hydrogens is 451 g/mol. The highest BCUT2D eigenvalue weighted by molar-refractivity contribution is 7.97. The molecule has 0 N–H and O–H groups in total. The molecule has 1 spiro atoms. The molecule has 0 saturated carbocycles. The Morgan fingerprint density at radius 2 is 1.73 bits per heavy atom. The van der Waals surface area contributed by atoms with Crippen LogP contribution in [0.2, 0.25) is 0 Å². The highest BCUT2D eigenvalue weighted by atomic mass is 32.2. The maximum absolute atomic E-state index is 12.7. The van der Waals surface area contributed by atoms with Gasteiger partial charge in [-0.25, -0.2) is 0 Å². The first-order valence-corrected chi connectivity index (χ1v) is 12.9. The van der Waals surface area contributed by atoms with Gasteiger partial charge >= 0.3 is 12.1 Å². The molecule has 4 rings (SSSR count). The van der Waals surface area contributed by atoms with Gasteiger partial charge in [0.1, 0.15) is 6.10 Å². The summed E-state index contributed by atoms with van der Waals surface area (Å²) in [6.45, 7) is 8.32. The third-order valence-corrected chi connectivity index (χ3v) is 8.32. The van der Waals surface area contributed by atoms with Crippen molar-refractivity contribution in [3.8, 4) is 0 Å². The van der Waals surface area contributed by atoms with Crippen LogP contribution in [-0.2, 0) is 9.53 Å². The summed E-state index contributed by atoms with van der Waals surface area (Å²) in [7, 11) is 0. The quantitative estimate of drug-likeness (QED) is 0.418. The standard InChI is InChI=1S/C24H34F3N3O2S/c1-19-2-4-20(5-3-19)29-15-13-28(14-16-29)10-6-21-18-23(22(31)32-21)7-11-30(12-8-23)33-17-9-24(25,26)27/h2-5,21H,6-18H2,1H3. The Morgan fingerprint density at radius 1 is 1.06 bits per heavy atom. The highest BCUT2D eigenvalue weighted by Crippen LogP contribution is 2.45. The number of hydrogen-bond acceptors (Lipinski definition) is 6. The van der Waals surface area contributed by atoms with Gasteiger partial charge in [-0.05, 0) is 38.3 Å². The Bertz CT molecular complexity index is 789. The summed E-state index contributed by atoms with van der Waals surface area (Å²) >= 11 is 1.25. The number of piperazine rings is 1. The first kappa shape index (κ1) is 24.7. The summed E-state index contributed by atoms with van der Waals surface area (Å²) in [4.78, 5) is 17.5. The van der Waals surface area contributed by atoms with Crippen molar-refractivity contribution >= 4 is 23.6 Å². The molecule has 1 aromatic rings. The van der Waals surface area contributed by atoms with Gasteiger partial charge < -0.3 is 9.64 Å². The minimum Gasteiger partial charge on any atom is -0.462 e. The average molecular weight is 486 g/mol. The van der Waals surface area contributed by atoms with Crippen molar-refractivity contribution in [2.45, 2.75) is 51.3 Å². The van der Waals surface area contributed by atoms with Gasteiger partial charge in [-0.1, -0.05) is 29.6 Å². The molecule has 3 aliphatic rings. The van der Waals surface area contributed by atoms with E-state index in [-0.39, 0.29) is 17.8 Å². The van der Waals surface area contributed by atoms with Crippen LogP contribution < -0.4 is 4.90 Å². The van der Waals surface area contributed by atoms with E-state index >= 15 is 0 Å². The summed E-state index contributed by atoms with van der Waals surface area (Å²) in [5.41, 5.74) is 2.11. The van der Waals surface area contributed by atoms with Gasteiger partial charge in [-0.2, -0.15) is 13.2 Å². The molecule has 0 aliphatic carbocycles. The molecule has 1 atom stereocenters. The molecule has 5 nitrogen and oxygen atoms in total. The smallest absolute Gasteiger partial charge is 0.389 e. The zero-order valence-corrected chi connectivity index (χ0v) is 20.1. The van der Waals surface area contributed by atoms with Crippen LogP contribution in [0.1, 0.15) is 37.7 Å². The number of anilines is 1. The molecule has 0 aromatic heterocycles. The van der Waals surface area contributed by atoms with E-state index in [1.165, 1.54) is 23.2 Å². The second-order valence-electron chi connectivity index (χ2n) is 9.59. The summed E-state index contributed by atoms with van der Waals surface area (Å²) in [5, 5.41) is 0. The Hall–Kier alpha value is -1.45. The molecule has 3 aliphatic heterocycles. The molecule has 3 saturated heterocycles. The van der Waals surface area contributed by atoms with Crippen LogP contribution >= 0.6 is 11.9 Å². The van der Waals surface area contributed by atoms with Crippen molar-refractivity contribution in [2.24, 2.45) is 5.41 Å². The zero-order chi connectivity index (χ0) is 23.5. The van der Waals surface area contributed by atoms with E-state index in [4.69, 9.17) is 4.74 Å². The van der Waals surface area contributed by atoms with Crippen molar-refractivity contribution in [2.75, 3.05) is 56.5 Å². The lowest BCUT2D eigenvalue weighted by Crippen LogP contribution is -2.47. The van der Waals surface area contributed by atoms with E-state index in [0.29, 0.717) is 25.9 Å². The molecule has 1 unspecified atom stereocenters. The molecular formula is C24H34F3N3O2S. The number of alkyl halides is 3. The number of ether oxygens (including phenoxy) is 1. The minimum atomic E-state index is -4.11. The number of piperidine rings is 1. The Balaban J connectivity index is 1.16. The third kappa shape index (κ3) is 6.57. The molecule has 184 valence electrons. The monoisotopic (exact) mass is 485 g/mol. The van der Waals surface area contributed by atoms with E-state index < -0.39 is 18.0 Å². The molecule has 1 aromatic carbocycles. The van der Waals surface area contributed by atoms with Crippen molar-refractivity contribution < 1.29 is 22.7 Å². The summed E-state index contributed by atoms with van der Waals surface area (Å²) in [6.07, 6.45) is -1.98. The van der Waals surface area contributed by atoms with Crippen LogP contribution in [-0.4, -0.2) is 79.0 Å². The Morgan fingerprint density at radius 3 is 2.36 bits per heavy atom. The predicted octanol–water partition coefficient (Wildman–Crippen LogP) is 4.51. The zero-order valence-electron chi connectivity index (χ0n) is 19.3. The second-order valence-corrected chi connectivity index (χ2v) is 10.8. The molecule has 33 heavy (non-hydrogen) atoms. The summed E-state index contributed by atoms with van der Waals surface area (Å²) in [6, 6.07) is 8.67. The lowest BCUT2D eigenvalue weighted by Gasteiger charge is -2.36. The number of cyclic esters (lactones) is 1. The van der Waals surface area contributed by atoms with Crippen molar-refractivity contribution in [1.82, 2.24) is 9.21 Å². The van der Waals surface area contributed by atoms with Crippen LogP contribution in [0.15, 0.2) is 24.3 Å². The predicted molar refractivity (Wildman–Crippen MR) is 125 cm³/mol. The maximum atomic E-state index is 12.7. The van der Waals surface area contributed by atoms with Crippen LogP contribution in [0.3, 0.4) is 0 Å². The third-order valence-electron chi connectivity index (χ3n) is 7.20. The fraction of sp³-hybridized carbons (Fsp3) is 0.708. The first-order valence-electron chi connectivity index (χ1n) is 11.9. The van der Waals surface area contributed by atoms with Crippen molar-refractivity contribution in [1.29, 1.82) is 0 Å². The lowest BCUT2D eigenvalue weighted by atomic mass is 9.76. The van der Waals surface area contributed by atoms with Gasteiger partial charge in [0.05, 0.1) is 11.8 Å². The van der Waals surface area contributed by atoms with E-state index in [1.54, 1.807) is 0 Å². The lowest BCUT2D eigenvalue weighted by molar-refractivity contribution is -0.150. The minimum absolute atomic E-state index is 0.0424. The van der Waals surface area contributed by atoms with E-state index in [2.05, 4.69) is 41.0 Å². The number of esters is 1. The summed E-state index contributed by atoms with van der Waals surface area (Å²) in [5.74, 6) is -0.0579. The Labute approximate surface area is 198 Å². The number of carbonyl (C=O) groups is 1. The average Bonchev–Trinajstić information content (AvgIpc) is 3.09. The van der Waals surface area contributed by atoms with Gasteiger partial charge in [0.2, 0.25) is 0 Å². The largest absolute Gasteiger partial charge is 0.462 e. The van der Waals surface area contributed by atoms with Crippen molar-refractivity contribution in [3.63, 3.8) is 0 Å². The van der Waals surface area contributed by atoms with Crippen LogP contribution in [0, 0.1) is 12.3 Å². The van der Waals surface area contributed by atoms with E-state index in [9.17, 15) is 18.0 Å². The SMILES string of the molecule is Cc1ccc(N2CCN(CCC3CC4(CCN(SCCC(F)(F)F)CC4)C(=O)O3)CC2)cc1. The van der Waals surface area contributed by atoms with Gasteiger partial charge in [0.15, 0.2) is 0 Å². The Kier molecular flexibility index (Phi) is 7.80. The molecule has 0 bridgehead atoms. The van der Waals surface area contributed by atoms with Gasteiger partial charge in [-0.15, -0.1) is 0 Å².